The zero-order valence-corrected chi connectivity index (χ0v) is 9.12. The van der Waals surface area contributed by atoms with Crippen LogP contribution in [0.5, 0.6) is 5.75 Å². The number of hydrogen-bond donors (Lipinski definition) is 1. The van der Waals surface area contributed by atoms with E-state index in [9.17, 15) is 26.3 Å². The van der Waals surface area contributed by atoms with Gasteiger partial charge < -0.3 is 10.5 Å². The fourth-order valence-corrected chi connectivity index (χ4v) is 1.49. The van der Waals surface area contributed by atoms with Crippen molar-refractivity contribution in [3.8, 4) is 5.75 Å². The minimum atomic E-state index is -4.93. The predicted octanol–water partition coefficient (Wildman–Crippen LogP) is 3.19. The van der Waals surface area contributed by atoms with Crippen LogP contribution in [0.1, 0.15) is 16.7 Å². The topological polar surface area (TPSA) is 35.2 Å². The van der Waals surface area contributed by atoms with Crippen molar-refractivity contribution in [1.82, 2.24) is 0 Å². The van der Waals surface area contributed by atoms with E-state index in [1.807, 2.05) is 0 Å². The van der Waals surface area contributed by atoms with Crippen molar-refractivity contribution in [3.63, 3.8) is 0 Å². The van der Waals surface area contributed by atoms with Crippen LogP contribution >= 0.6 is 0 Å². The Morgan fingerprint density at radius 2 is 1.39 bits per heavy atom. The van der Waals surface area contributed by atoms with Gasteiger partial charge in [0, 0.05) is 6.54 Å². The number of nitrogens with two attached hydrogens (primary N) is 1. The lowest BCUT2D eigenvalue weighted by atomic mass is 9.99. The third-order valence-electron chi connectivity index (χ3n) is 2.27. The molecule has 1 rings (SSSR count). The lowest BCUT2D eigenvalue weighted by Crippen LogP contribution is -2.19. The third kappa shape index (κ3) is 2.87. The Kier molecular flexibility index (Phi) is 3.80. The van der Waals surface area contributed by atoms with Gasteiger partial charge in [-0.1, -0.05) is 0 Å². The second kappa shape index (κ2) is 4.68. The number of methoxy groups -OCH3 is 1. The van der Waals surface area contributed by atoms with Crippen LogP contribution in [0.15, 0.2) is 12.1 Å². The Morgan fingerprint density at radius 1 is 1.00 bits per heavy atom. The van der Waals surface area contributed by atoms with E-state index in [1.54, 1.807) is 0 Å². The highest BCUT2D eigenvalue weighted by atomic mass is 19.4. The van der Waals surface area contributed by atoms with Crippen molar-refractivity contribution in [2.75, 3.05) is 7.11 Å². The summed E-state index contributed by atoms with van der Waals surface area (Å²) in [6.07, 6.45) is -9.85. The molecule has 0 aliphatic carbocycles. The molecule has 0 aliphatic heterocycles. The summed E-state index contributed by atoms with van der Waals surface area (Å²) in [4.78, 5) is 0. The Labute approximate surface area is 98.3 Å². The third-order valence-corrected chi connectivity index (χ3v) is 2.27. The van der Waals surface area contributed by atoms with Crippen molar-refractivity contribution in [3.05, 3.63) is 28.8 Å². The van der Waals surface area contributed by atoms with Crippen molar-refractivity contribution >= 4 is 0 Å². The summed E-state index contributed by atoms with van der Waals surface area (Å²) in [5.41, 5.74) is 1.14. The molecule has 0 amide bonds. The molecule has 0 spiro atoms. The Bertz CT molecular complexity index is 402. The summed E-state index contributed by atoms with van der Waals surface area (Å²) < 4.78 is 80.3. The summed E-state index contributed by atoms with van der Waals surface area (Å²) in [5, 5.41) is 0. The van der Waals surface area contributed by atoms with Gasteiger partial charge in [0.1, 0.15) is 5.75 Å². The highest BCUT2D eigenvalue weighted by Crippen LogP contribution is 2.41. The maximum Gasteiger partial charge on any atom is 0.416 e. The summed E-state index contributed by atoms with van der Waals surface area (Å²) in [6, 6.07) is 0.995. The average molecular weight is 273 g/mol. The molecule has 102 valence electrons. The first-order chi connectivity index (χ1) is 8.11. The van der Waals surface area contributed by atoms with Gasteiger partial charge in [-0.3, -0.25) is 0 Å². The lowest BCUT2D eigenvalue weighted by Gasteiger charge is -2.19. The molecule has 0 heterocycles. The van der Waals surface area contributed by atoms with E-state index in [0.717, 1.165) is 7.11 Å². The maximum atomic E-state index is 12.6. The fourth-order valence-electron chi connectivity index (χ4n) is 1.49. The van der Waals surface area contributed by atoms with Crippen LogP contribution in [0.3, 0.4) is 0 Å². The molecular formula is C10H9F6NO. The summed E-state index contributed by atoms with van der Waals surface area (Å²) in [5.74, 6) is -0.521. The zero-order valence-electron chi connectivity index (χ0n) is 9.12. The highest BCUT2D eigenvalue weighted by Gasteiger charge is 2.41. The molecule has 1 aromatic rings. The second-order valence-corrected chi connectivity index (χ2v) is 3.40. The van der Waals surface area contributed by atoms with Gasteiger partial charge in [0.2, 0.25) is 0 Å². The standard InChI is InChI=1S/C10H9F6NO/c1-18-5-2-7(9(11,12)13)6(4-17)8(3-5)10(14,15)16/h2-3H,4,17H2,1H3. The van der Waals surface area contributed by atoms with E-state index in [-0.39, 0.29) is 0 Å². The minimum absolute atomic E-state index is 0.497. The van der Waals surface area contributed by atoms with Crippen LogP contribution in [0.2, 0.25) is 0 Å². The molecule has 0 aliphatic rings. The predicted molar refractivity (Wildman–Crippen MR) is 50.9 cm³/mol. The van der Waals surface area contributed by atoms with Crippen LogP contribution in [0.25, 0.3) is 0 Å². The van der Waals surface area contributed by atoms with Crippen LogP contribution < -0.4 is 10.5 Å². The van der Waals surface area contributed by atoms with E-state index in [2.05, 4.69) is 4.74 Å². The van der Waals surface area contributed by atoms with Gasteiger partial charge in [0.05, 0.1) is 18.2 Å². The molecule has 0 saturated carbocycles. The van der Waals surface area contributed by atoms with Gasteiger partial charge in [0.15, 0.2) is 0 Å². The quantitative estimate of drug-likeness (QED) is 0.840. The van der Waals surface area contributed by atoms with Crippen LogP contribution in [-0.2, 0) is 18.9 Å². The lowest BCUT2D eigenvalue weighted by molar-refractivity contribution is -0.144. The number of alkyl halides is 6. The first kappa shape index (κ1) is 14.6. The molecule has 18 heavy (non-hydrogen) atoms. The van der Waals surface area contributed by atoms with Crippen LogP contribution in [0.4, 0.5) is 26.3 Å². The Balaban J connectivity index is 3.61. The molecule has 0 unspecified atom stereocenters. The monoisotopic (exact) mass is 273 g/mol. The van der Waals surface area contributed by atoms with E-state index in [0.29, 0.717) is 12.1 Å². The van der Waals surface area contributed by atoms with Crippen LogP contribution in [-0.4, -0.2) is 7.11 Å². The SMILES string of the molecule is COc1cc(C(F)(F)F)c(CN)c(C(F)(F)F)c1. The van der Waals surface area contributed by atoms with Gasteiger partial charge in [-0.15, -0.1) is 0 Å². The summed E-state index contributed by atoms with van der Waals surface area (Å²) >= 11 is 0. The van der Waals surface area contributed by atoms with E-state index in [1.165, 1.54) is 0 Å². The van der Waals surface area contributed by atoms with Gasteiger partial charge in [-0.2, -0.15) is 26.3 Å². The van der Waals surface area contributed by atoms with E-state index < -0.39 is 41.3 Å². The molecular weight excluding hydrogens is 264 g/mol. The first-order valence-corrected chi connectivity index (χ1v) is 4.66. The summed E-state index contributed by atoms with van der Waals surface area (Å²) in [7, 11) is 0.984. The molecule has 0 radical (unpaired) electrons. The van der Waals surface area contributed by atoms with Gasteiger partial charge in [-0.25, -0.2) is 0 Å². The molecule has 0 saturated heterocycles. The highest BCUT2D eigenvalue weighted by molar-refractivity contribution is 5.45. The van der Waals surface area contributed by atoms with Gasteiger partial charge in [0.25, 0.3) is 0 Å². The number of rotatable bonds is 2. The minimum Gasteiger partial charge on any atom is -0.497 e. The average Bonchev–Trinajstić information content (AvgIpc) is 2.24. The molecule has 0 atom stereocenters. The Morgan fingerprint density at radius 3 is 1.61 bits per heavy atom. The number of hydrogen-bond acceptors (Lipinski definition) is 2. The fraction of sp³-hybridized carbons (Fsp3) is 0.400. The van der Waals surface area contributed by atoms with Crippen molar-refractivity contribution in [2.24, 2.45) is 5.73 Å². The smallest absolute Gasteiger partial charge is 0.416 e. The van der Waals surface area contributed by atoms with E-state index in [4.69, 9.17) is 5.73 Å². The largest absolute Gasteiger partial charge is 0.497 e. The van der Waals surface area contributed by atoms with Gasteiger partial charge >= 0.3 is 12.4 Å². The van der Waals surface area contributed by atoms with Crippen molar-refractivity contribution < 1.29 is 31.1 Å². The van der Waals surface area contributed by atoms with Gasteiger partial charge in [-0.05, 0) is 17.7 Å². The molecule has 8 heteroatoms. The van der Waals surface area contributed by atoms with Crippen LogP contribution in [0, 0.1) is 0 Å². The zero-order chi connectivity index (χ0) is 14.1. The summed E-state index contributed by atoms with van der Waals surface area (Å²) in [6.45, 7) is -0.867. The molecule has 2 nitrogen and oxygen atoms in total. The van der Waals surface area contributed by atoms with E-state index >= 15 is 0 Å². The number of halogens is 6. The normalized spacial score (nSPS) is 12.7. The second-order valence-electron chi connectivity index (χ2n) is 3.40. The molecule has 1 aromatic carbocycles. The first-order valence-electron chi connectivity index (χ1n) is 4.66. The van der Waals surface area contributed by atoms with Crippen molar-refractivity contribution in [1.29, 1.82) is 0 Å². The van der Waals surface area contributed by atoms with Crippen molar-refractivity contribution in [2.45, 2.75) is 18.9 Å². The Hall–Kier alpha value is -1.44. The molecule has 0 aromatic heterocycles. The molecule has 0 fully saturated rings. The molecule has 2 N–H and O–H groups in total. The number of ether oxygens (including phenoxy) is 1. The molecule has 0 bridgehead atoms. The number of benzene rings is 1. The maximum absolute atomic E-state index is 12.6.